The van der Waals surface area contributed by atoms with Gasteiger partial charge < -0.3 is 5.32 Å². The Morgan fingerprint density at radius 3 is 2.75 bits per heavy atom. The SMILES string of the molecule is CCNCC1CCC(C(C)C)CC1Cc1cnn(C)c1. The quantitative estimate of drug-likeness (QED) is 0.865. The molecule has 3 nitrogen and oxygen atoms in total. The molecule has 0 aromatic carbocycles. The first-order chi connectivity index (χ1) is 9.60. The molecule has 3 atom stereocenters. The first-order valence-corrected chi connectivity index (χ1v) is 8.28. The fourth-order valence-corrected chi connectivity index (χ4v) is 3.70. The van der Waals surface area contributed by atoms with Crippen LogP contribution in [-0.4, -0.2) is 22.9 Å². The van der Waals surface area contributed by atoms with E-state index in [-0.39, 0.29) is 0 Å². The Balaban J connectivity index is 2.00. The maximum atomic E-state index is 4.32. The summed E-state index contributed by atoms with van der Waals surface area (Å²) in [6.45, 7) is 9.25. The Hall–Kier alpha value is -0.830. The molecule has 1 heterocycles. The van der Waals surface area contributed by atoms with Gasteiger partial charge in [0, 0.05) is 13.2 Å². The van der Waals surface area contributed by atoms with E-state index in [0.717, 1.165) is 30.2 Å². The van der Waals surface area contributed by atoms with Crippen LogP contribution in [0, 0.1) is 23.7 Å². The second-order valence-corrected chi connectivity index (χ2v) is 6.87. The number of hydrogen-bond donors (Lipinski definition) is 1. The first kappa shape index (κ1) is 15.6. The largest absolute Gasteiger partial charge is 0.317 e. The van der Waals surface area contributed by atoms with Crippen LogP contribution in [0.3, 0.4) is 0 Å². The highest BCUT2D eigenvalue weighted by atomic mass is 15.2. The van der Waals surface area contributed by atoms with Crippen LogP contribution in [0.25, 0.3) is 0 Å². The predicted molar refractivity (Wildman–Crippen MR) is 84.6 cm³/mol. The van der Waals surface area contributed by atoms with Crippen molar-refractivity contribution in [1.82, 2.24) is 15.1 Å². The van der Waals surface area contributed by atoms with Crippen molar-refractivity contribution < 1.29 is 0 Å². The van der Waals surface area contributed by atoms with Crippen molar-refractivity contribution in [3.63, 3.8) is 0 Å². The van der Waals surface area contributed by atoms with Gasteiger partial charge in [-0.1, -0.05) is 20.8 Å². The fourth-order valence-electron chi connectivity index (χ4n) is 3.70. The van der Waals surface area contributed by atoms with Gasteiger partial charge in [-0.05, 0) is 68.0 Å². The molecule has 1 N–H and O–H groups in total. The molecule has 0 aliphatic heterocycles. The van der Waals surface area contributed by atoms with Gasteiger partial charge in [-0.3, -0.25) is 4.68 Å². The summed E-state index contributed by atoms with van der Waals surface area (Å²) in [7, 11) is 2.01. The average molecular weight is 277 g/mol. The molecule has 3 unspecified atom stereocenters. The van der Waals surface area contributed by atoms with Gasteiger partial charge in [0.1, 0.15) is 0 Å². The van der Waals surface area contributed by atoms with E-state index >= 15 is 0 Å². The van der Waals surface area contributed by atoms with Crippen LogP contribution in [0.1, 0.15) is 45.6 Å². The van der Waals surface area contributed by atoms with Crippen molar-refractivity contribution in [3.05, 3.63) is 18.0 Å². The van der Waals surface area contributed by atoms with Crippen molar-refractivity contribution in [2.24, 2.45) is 30.7 Å². The van der Waals surface area contributed by atoms with Gasteiger partial charge in [0.15, 0.2) is 0 Å². The lowest BCUT2D eigenvalue weighted by molar-refractivity contribution is 0.145. The molecule has 1 aromatic rings. The summed E-state index contributed by atoms with van der Waals surface area (Å²) in [5.41, 5.74) is 1.41. The highest BCUT2D eigenvalue weighted by Crippen LogP contribution is 2.38. The van der Waals surface area contributed by atoms with Crippen molar-refractivity contribution in [2.75, 3.05) is 13.1 Å². The lowest BCUT2D eigenvalue weighted by Gasteiger charge is -2.38. The number of rotatable bonds is 6. The average Bonchev–Trinajstić information content (AvgIpc) is 2.82. The lowest BCUT2D eigenvalue weighted by Crippen LogP contribution is -2.35. The highest BCUT2D eigenvalue weighted by molar-refractivity contribution is 5.06. The summed E-state index contributed by atoms with van der Waals surface area (Å²) in [5.74, 6) is 3.39. The third-order valence-corrected chi connectivity index (χ3v) is 5.04. The minimum atomic E-state index is 0.819. The van der Waals surface area contributed by atoms with Gasteiger partial charge in [-0.15, -0.1) is 0 Å². The predicted octanol–water partition coefficient (Wildman–Crippen LogP) is 3.26. The van der Waals surface area contributed by atoms with E-state index in [9.17, 15) is 0 Å². The maximum absolute atomic E-state index is 4.32. The number of aryl methyl sites for hydroxylation is 1. The summed E-state index contributed by atoms with van der Waals surface area (Å²) < 4.78 is 1.93. The fraction of sp³-hybridized carbons (Fsp3) is 0.824. The topological polar surface area (TPSA) is 29.9 Å². The Morgan fingerprint density at radius 1 is 1.35 bits per heavy atom. The molecule has 3 heteroatoms. The molecule has 0 amide bonds. The van der Waals surface area contributed by atoms with Gasteiger partial charge in [-0.25, -0.2) is 0 Å². The van der Waals surface area contributed by atoms with Gasteiger partial charge in [0.05, 0.1) is 6.20 Å². The van der Waals surface area contributed by atoms with Crippen molar-refractivity contribution in [2.45, 2.75) is 46.5 Å². The monoisotopic (exact) mass is 277 g/mol. The minimum Gasteiger partial charge on any atom is -0.317 e. The normalized spacial score (nSPS) is 27.1. The van der Waals surface area contributed by atoms with Gasteiger partial charge in [0.25, 0.3) is 0 Å². The maximum Gasteiger partial charge on any atom is 0.0521 e. The van der Waals surface area contributed by atoms with Crippen LogP contribution < -0.4 is 5.32 Å². The van der Waals surface area contributed by atoms with Gasteiger partial charge in [-0.2, -0.15) is 5.10 Å². The molecule has 1 saturated carbocycles. The van der Waals surface area contributed by atoms with Crippen LogP contribution in [0.2, 0.25) is 0 Å². The summed E-state index contributed by atoms with van der Waals surface area (Å²) in [6, 6.07) is 0. The lowest BCUT2D eigenvalue weighted by atomic mass is 9.69. The molecular weight excluding hydrogens is 246 g/mol. The summed E-state index contributed by atoms with van der Waals surface area (Å²) in [5, 5.41) is 7.89. The van der Waals surface area contributed by atoms with E-state index in [1.165, 1.54) is 37.8 Å². The second kappa shape index (κ2) is 7.26. The van der Waals surface area contributed by atoms with Crippen LogP contribution >= 0.6 is 0 Å². The second-order valence-electron chi connectivity index (χ2n) is 6.87. The molecule has 1 aliphatic rings. The molecule has 0 spiro atoms. The molecule has 1 aromatic heterocycles. The third kappa shape index (κ3) is 4.08. The zero-order chi connectivity index (χ0) is 14.5. The summed E-state index contributed by atoms with van der Waals surface area (Å²) in [6.07, 6.45) is 9.63. The van der Waals surface area contributed by atoms with E-state index in [2.05, 4.69) is 37.4 Å². The smallest absolute Gasteiger partial charge is 0.0521 e. The van der Waals surface area contributed by atoms with Crippen LogP contribution in [0.15, 0.2) is 12.4 Å². The zero-order valence-electron chi connectivity index (χ0n) is 13.6. The van der Waals surface area contributed by atoms with Crippen molar-refractivity contribution in [3.8, 4) is 0 Å². The van der Waals surface area contributed by atoms with Crippen molar-refractivity contribution in [1.29, 1.82) is 0 Å². The number of nitrogens with one attached hydrogen (secondary N) is 1. The van der Waals surface area contributed by atoms with E-state index in [1.807, 2.05) is 17.9 Å². The molecule has 0 radical (unpaired) electrons. The van der Waals surface area contributed by atoms with Crippen LogP contribution in [0.4, 0.5) is 0 Å². The third-order valence-electron chi connectivity index (χ3n) is 5.04. The van der Waals surface area contributed by atoms with E-state index in [4.69, 9.17) is 0 Å². The Labute approximate surface area is 124 Å². The molecule has 1 aliphatic carbocycles. The number of aromatic nitrogens is 2. The van der Waals surface area contributed by atoms with E-state index in [0.29, 0.717) is 0 Å². The first-order valence-electron chi connectivity index (χ1n) is 8.28. The van der Waals surface area contributed by atoms with E-state index in [1.54, 1.807) is 0 Å². The molecule has 20 heavy (non-hydrogen) atoms. The molecule has 0 saturated heterocycles. The minimum absolute atomic E-state index is 0.819. The molecular formula is C17H31N3. The molecule has 2 rings (SSSR count). The summed E-state index contributed by atoms with van der Waals surface area (Å²) in [4.78, 5) is 0. The summed E-state index contributed by atoms with van der Waals surface area (Å²) >= 11 is 0. The Bertz CT molecular complexity index is 397. The Morgan fingerprint density at radius 2 is 2.15 bits per heavy atom. The highest BCUT2D eigenvalue weighted by Gasteiger charge is 2.31. The molecule has 114 valence electrons. The van der Waals surface area contributed by atoms with Crippen LogP contribution in [-0.2, 0) is 13.5 Å². The molecule has 0 bridgehead atoms. The standard InChI is InChI=1S/C17H31N3/c1-5-18-11-16-7-6-15(13(2)3)9-17(16)8-14-10-19-20(4)12-14/h10,12-13,15-18H,5-9,11H2,1-4H3. The van der Waals surface area contributed by atoms with Gasteiger partial charge in [0.2, 0.25) is 0 Å². The van der Waals surface area contributed by atoms with Crippen molar-refractivity contribution >= 4 is 0 Å². The van der Waals surface area contributed by atoms with Gasteiger partial charge >= 0.3 is 0 Å². The number of hydrogen-bond acceptors (Lipinski definition) is 2. The molecule has 1 fully saturated rings. The van der Waals surface area contributed by atoms with E-state index < -0.39 is 0 Å². The Kier molecular flexibility index (Phi) is 5.64. The number of nitrogens with zero attached hydrogens (tertiary/aromatic N) is 2. The zero-order valence-corrected chi connectivity index (χ0v) is 13.6. The van der Waals surface area contributed by atoms with Crippen LogP contribution in [0.5, 0.6) is 0 Å².